The molecule has 4 heteroatoms. The van der Waals surface area contributed by atoms with Gasteiger partial charge in [0.2, 0.25) is 0 Å². The molecule has 1 heterocycles. The largest absolute Gasteiger partial charge is 0.340 e. The first-order valence-electron chi connectivity index (χ1n) is 7.15. The normalized spacial score (nSPS) is 11.8. The van der Waals surface area contributed by atoms with Crippen LogP contribution in [0.2, 0.25) is 0 Å². The molecular formula is C17H18Cl2N2. The van der Waals surface area contributed by atoms with Crippen molar-refractivity contribution in [1.82, 2.24) is 9.47 Å². The minimum Gasteiger partial charge on any atom is -0.340 e. The number of rotatable bonds is 6. The Hall–Kier alpha value is -1.22. The van der Waals surface area contributed by atoms with Crippen LogP contribution in [0.3, 0.4) is 0 Å². The summed E-state index contributed by atoms with van der Waals surface area (Å²) in [5.41, 5.74) is 2.59. The zero-order chi connectivity index (χ0) is 14.7. The summed E-state index contributed by atoms with van der Waals surface area (Å²) in [5, 5.41) is 2.64. The molecular weight excluding hydrogens is 303 g/mol. The lowest BCUT2D eigenvalue weighted by molar-refractivity contribution is 0.355. The summed E-state index contributed by atoms with van der Waals surface area (Å²) < 4.78 is 2.39. The van der Waals surface area contributed by atoms with Crippen LogP contribution in [0.25, 0.3) is 21.8 Å². The fourth-order valence-corrected chi connectivity index (χ4v) is 3.34. The number of fused-ring (bicyclic) bond motifs is 3. The highest BCUT2D eigenvalue weighted by molar-refractivity contribution is 6.20. The molecule has 0 spiro atoms. The quantitative estimate of drug-likeness (QED) is 0.464. The van der Waals surface area contributed by atoms with Crippen LogP contribution >= 0.6 is 23.2 Å². The van der Waals surface area contributed by atoms with Crippen molar-refractivity contribution in [2.45, 2.75) is 13.0 Å². The monoisotopic (exact) mass is 320 g/mol. The average Bonchev–Trinajstić information content (AvgIpc) is 2.86. The third-order valence-corrected chi connectivity index (χ3v) is 4.55. The lowest BCUT2D eigenvalue weighted by Crippen LogP contribution is -2.22. The molecule has 0 aliphatic carbocycles. The Morgan fingerprint density at radius 3 is 1.86 bits per heavy atom. The SMILES string of the molecule is ClCN(CCl)CCCn1c2ccccc2c2ccccc21. The molecule has 2 aromatic carbocycles. The Kier molecular flexibility index (Phi) is 4.69. The van der Waals surface area contributed by atoms with Crippen molar-refractivity contribution in [3.05, 3.63) is 48.5 Å². The zero-order valence-electron chi connectivity index (χ0n) is 11.8. The van der Waals surface area contributed by atoms with Crippen molar-refractivity contribution in [2.75, 3.05) is 18.6 Å². The number of hydrogen-bond donors (Lipinski definition) is 0. The molecule has 1 aromatic heterocycles. The molecule has 0 aliphatic heterocycles. The standard InChI is InChI=1S/C17H18Cl2N2/c18-12-20(13-19)10-5-11-21-16-8-3-1-6-14(16)15-7-2-4-9-17(15)21/h1-4,6-9H,5,10-13H2. The van der Waals surface area contributed by atoms with Gasteiger partial charge in [-0.05, 0) is 18.6 Å². The van der Waals surface area contributed by atoms with Gasteiger partial charge in [0.05, 0.1) is 12.0 Å². The van der Waals surface area contributed by atoms with Gasteiger partial charge in [0, 0.05) is 34.9 Å². The van der Waals surface area contributed by atoms with Crippen LogP contribution in [0, 0.1) is 0 Å². The molecule has 0 saturated heterocycles. The topological polar surface area (TPSA) is 8.17 Å². The van der Waals surface area contributed by atoms with Gasteiger partial charge in [-0.15, -0.1) is 23.2 Å². The first-order chi connectivity index (χ1) is 10.3. The molecule has 2 nitrogen and oxygen atoms in total. The highest BCUT2D eigenvalue weighted by atomic mass is 35.5. The smallest absolute Gasteiger partial charge is 0.0747 e. The van der Waals surface area contributed by atoms with Gasteiger partial charge in [-0.25, -0.2) is 0 Å². The zero-order valence-corrected chi connectivity index (χ0v) is 13.3. The lowest BCUT2D eigenvalue weighted by atomic mass is 10.2. The Labute approximate surface area is 134 Å². The minimum absolute atomic E-state index is 0.483. The number of nitrogens with zero attached hydrogens (tertiary/aromatic N) is 2. The van der Waals surface area contributed by atoms with Crippen LogP contribution in [-0.2, 0) is 6.54 Å². The van der Waals surface area contributed by atoms with Crippen LogP contribution in [-0.4, -0.2) is 28.0 Å². The Morgan fingerprint density at radius 2 is 1.33 bits per heavy atom. The van der Waals surface area contributed by atoms with Gasteiger partial charge in [0.15, 0.2) is 0 Å². The van der Waals surface area contributed by atoms with Crippen LogP contribution < -0.4 is 0 Å². The van der Waals surface area contributed by atoms with Crippen LogP contribution in [0.4, 0.5) is 0 Å². The van der Waals surface area contributed by atoms with E-state index in [0.717, 1.165) is 19.5 Å². The Bertz CT molecular complexity index is 679. The van der Waals surface area contributed by atoms with E-state index in [1.54, 1.807) is 0 Å². The Balaban J connectivity index is 1.93. The predicted molar refractivity (Wildman–Crippen MR) is 92.2 cm³/mol. The van der Waals surface area contributed by atoms with E-state index in [-0.39, 0.29) is 0 Å². The fraction of sp³-hybridized carbons (Fsp3) is 0.294. The van der Waals surface area contributed by atoms with Gasteiger partial charge in [0.25, 0.3) is 0 Å². The number of alkyl halides is 2. The average molecular weight is 321 g/mol. The van der Waals surface area contributed by atoms with E-state index in [2.05, 4.69) is 53.1 Å². The summed E-state index contributed by atoms with van der Waals surface area (Å²) in [6.45, 7) is 1.88. The highest BCUT2D eigenvalue weighted by Gasteiger charge is 2.09. The third kappa shape index (κ3) is 2.89. The van der Waals surface area contributed by atoms with Crippen molar-refractivity contribution < 1.29 is 0 Å². The maximum Gasteiger partial charge on any atom is 0.0747 e. The van der Waals surface area contributed by atoms with E-state index in [4.69, 9.17) is 23.2 Å². The van der Waals surface area contributed by atoms with Crippen LogP contribution in [0.5, 0.6) is 0 Å². The molecule has 3 aromatic rings. The van der Waals surface area contributed by atoms with Crippen LogP contribution in [0.1, 0.15) is 6.42 Å². The molecule has 0 N–H and O–H groups in total. The van der Waals surface area contributed by atoms with Gasteiger partial charge in [0.1, 0.15) is 0 Å². The van der Waals surface area contributed by atoms with Gasteiger partial charge < -0.3 is 4.57 Å². The summed E-state index contributed by atoms with van der Waals surface area (Å²) >= 11 is 11.7. The van der Waals surface area contributed by atoms with Gasteiger partial charge in [-0.3, -0.25) is 4.90 Å². The summed E-state index contributed by atoms with van der Waals surface area (Å²) in [6, 6.07) is 18.1. The molecule has 0 fully saturated rings. The van der Waals surface area contributed by atoms with Crippen LogP contribution in [0.15, 0.2) is 48.5 Å². The number of benzene rings is 2. The molecule has 3 rings (SSSR count). The second kappa shape index (κ2) is 6.69. The maximum absolute atomic E-state index is 5.85. The lowest BCUT2D eigenvalue weighted by Gasteiger charge is -2.16. The number of para-hydroxylation sites is 2. The van der Waals surface area contributed by atoms with E-state index in [9.17, 15) is 0 Å². The summed E-state index contributed by atoms with van der Waals surface area (Å²) in [4.78, 5) is 2.02. The summed E-state index contributed by atoms with van der Waals surface area (Å²) in [6.07, 6.45) is 1.03. The molecule has 21 heavy (non-hydrogen) atoms. The van der Waals surface area contributed by atoms with Crippen molar-refractivity contribution in [2.24, 2.45) is 0 Å². The first kappa shape index (κ1) is 14.7. The second-order valence-electron chi connectivity index (χ2n) is 5.17. The van der Waals surface area contributed by atoms with E-state index in [1.807, 2.05) is 4.90 Å². The predicted octanol–water partition coefficient (Wildman–Crippen LogP) is 4.88. The highest BCUT2D eigenvalue weighted by Crippen LogP contribution is 2.28. The summed E-state index contributed by atoms with van der Waals surface area (Å²) in [7, 11) is 0. The van der Waals surface area contributed by atoms with Gasteiger partial charge in [-0.1, -0.05) is 36.4 Å². The fourth-order valence-electron chi connectivity index (χ4n) is 2.85. The molecule has 0 radical (unpaired) electrons. The molecule has 0 unspecified atom stereocenters. The van der Waals surface area contributed by atoms with E-state index >= 15 is 0 Å². The van der Waals surface area contributed by atoms with E-state index in [1.165, 1.54) is 21.8 Å². The van der Waals surface area contributed by atoms with Crippen molar-refractivity contribution in [3.8, 4) is 0 Å². The van der Waals surface area contributed by atoms with Crippen molar-refractivity contribution >= 4 is 45.0 Å². The molecule has 110 valence electrons. The van der Waals surface area contributed by atoms with Gasteiger partial charge in [-0.2, -0.15) is 0 Å². The van der Waals surface area contributed by atoms with Gasteiger partial charge >= 0.3 is 0 Å². The molecule has 0 aliphatic rings. The number of hydrogen-bond acceptors (Lipinski definition) is 1. The molecule has 0 saturated carbocycles. The van der Waals surface area contributed by atoms with E-state index in [0.29, 0.717) is 12.0 Å². The third-order valence-electron chi connectivity index (χ3n) is 3.87. The first-order valence-corrected chi connectivity index (χ1v) is 8.22. The maximum atomic E-state index is 5.85. The molecule has 0 atom stereocenters. The number of halogens is 2. The minimum atomic E-state index is 0.483. The second-order valence-corrected chi connectivity index (χ2v) is 5.65. The molecule has 0 amide bonds. The van der Waals surface area contributed by atoms with E-state index < -0.39 is 0 Å². The summed E-state index contributed by atoms with van der Waals surface area (Å²) in [5.74, 6) is 0. The number of aromatic nitrogens is 1. The molecule has 0 bridgehead atoms. The van der Waals surface area contributed by atoms with Crippen molar-refractivity contribution in [1.29, 1.82) is 0 Å². The Morgan fingerprint density at radius 1 is 0.810 bits per heavy atom. The number of aryl methyl sites for hydroxylation is 1. The van der Waals surface area contributed by atoms with Crippen molar-refractivity contribution in [3.63, 3.8) is 0 Å².